The van der Waals surface area contributed by atoms with Crippen molar-refractivity contribution in [3.05, 3.63) is 36.5 Å². The van der Waals surface area contributed by atoms with Crippen LogP contribution in [0.25, 0.3) is 0 Å². The third kappa shape index (κ3) is 21.6. The van der Waals surface area contributed by atoms with Crippen LogP contribution in [0.5, 0.6) is 0 Å². The van der Waals surface area contributed by atoms with Crippen LogP contribution in [0.15, 0.2) is 36.5 Å². The highest BCUT2D eigenvalue weighted by molar-refractivity contribution is 5.70. The molecule has 1 heterocycles. The van der Waals surface area contributed by atoms with E-state index in [9.17, 15) is 14.7 Å². The Morgan fingerprint density at radius 2 is 1.28 bits per heavy atom. The Morgan fingerprint density at radius 3 is 2.00 bits per heavy atom. The molecule has 1 aliphatic heterocycles. The van der Waals surface area contributed by atoms with Gasteiger partial charge in [0.2, 0.25) is 0 Å². The largest absolute Gasteiger partial charge is 0.462 e. The van der Waals surface area contributed by atoms with E-state index >= 15 is 0 Å². The number of ether oxygens (including phenoxy) is 3. The van der Waals surface area contributed by atoms with E-state index < -0.39 is 6.10 Å². The molecule has 3 atom stereocenters. The van der Waals surface area contributed by atoms with E-state index in [1.807, 2.05) is 0 Å². The number of epoxide rings is 1. The fourth-order valence-electron chi connectivity index (χ4n) is 4.29. The lowest BCUT2D eigenvalue weighted by atomic mass is 10.1. The molecule has 0 aliphatic carbocycles. The highest BCUT2D eigenvalue weighted by Crippen LogP contribution is 2.29. The maximum Gasteiger partial charge on any atom is 0.306 e. The number of carbonyl (C=O) groups is 2. The van der Waals surface area contributed by atoms with Gasteiger partial charge in [-0.2, -0.15) is 0 Å². The smallest absolute Gasteiger partial charge is 0.306 e. The minimum Gasteiger partial charge on any atom is -0.462 e. The zero-order valence-corrected chi connectivity index (χ0v) is 24.8. The van der Waals surface area contributed by atoms with Gasteiger partial charge in [0.1, 0.15) is 6.61 Å². The van der Waals surface area contributed by atoms with Crippen LogP contribution in [0.2, 0.25) is 0 Å². The summed E-state index contributed by atoms with van der Waals surface area (Å²) in [5, 5.41) is 9.44. The molecule has 0 saturated carbocycles. The average Bonchev–Trinajstić information content (AvgIpc) is 3.69. The Morgan fingerprint density at radius 1 is 0.718 bits per heavy atom. The Hall–Kier alpha value is -1.92. The average molecular weight is 549 g/mol. The molecule has 1 aliphatic rings. The highest BCUT2D eigenvalue weighted by Gasteiger charge is 2.35. The molecule has 0 aromatic rings. The molecule has 2 unspecified atom stereocenters. The minimum atomic E-state index is -0.791. The Labute approximate surface area is 238 Å². The van der Waals surface area contributed by atoms with Crippen LogP contribution in [-0.2, 0) is 23.8 Å². The van der Waals surface area contributed by atoms with Crippen LogP contribution >= 0.6 is 0 Å². The Kier molecular flexibility index (Phi) is 22.6. The van der Waals surface area contributed by atoms with Crippen molar-refractivity contribution < 1.29 is 28.9 Å². The number of aliphatic hydroxyl groups is 1. The van der Waals surface area contributed by atoms with Gasteiger partial charge in [-0.3, -0.25) is 9.59 Å². The second-order valence-corrected chi connectivity index (χ2v) is 10.6. The third-order valence-electron chi connectivity index (χ3n) is 6.84. The van der Waals surface area contributed by atoms with Crippen molar-refractivity contribution in [1.82, 2.24) is 0 Å². The summed E-state index contributed by atoms with van der Waals surface area (Å²) in [7, 11) is 0. The fraction of sp³-hybridized carbons (Fsp3) is 0.758. The van der Waals surface area contributed by atoms with Gasteiger partial charge >= 0.3 is 11.9 Å². The summed E-state index contributed by atoms with van der Waals surface area (Å²) in [5.74, 6) is -0.674. The molecule has 0 bridgehead atoms. The van der Waals surface area contributed by atoms with E-state index in [0.717, 1.165) is 44.9 Å². The lowest BCUT2D eigenvalue weighted by molar-refractivity contribution is -0.161. The van der Waals surface area contributed by atoms with Crippen LogP contribution in [-0.4, -0.2) is 48.6 Å². The predicted octanol–water partition coefficient (Wildman–Crippen LogP) is 7.93. The summed E-state index contributed by atoms with van der Waals surface area (Å²) in [6, 6.07) is 0. The van der Waals surface area contributed by atoms with Crippen molar-refractivity contribution in [2.45, 2.75) is 148 Å². The molecule has 1 fully saturated rings. The SMILES string of the molecule is CCCCC/C=C\CC1OC1C/C=C\C/C=C\CCCC(=O)OC[C@H](CO)OC(=O)CCCCCCCCC. The molecule has 6 heteroatoms. The van der Waals surface area contributed by atoms with Crippen molar-refractivity contribution in [3.8, 4) is 0 Å². The normalized spacial score (nSPS) is 17.8. The second-order valence-electron chi connectivity index (χ2n) is 10.6. The highest BCUT2D eigenvalue weighted by atomic mass is 16.6. The van der Waals surface area contributed by atoms with Crippen molar-refractivity contribution >= 4 is 11.9 Å². The van der Waals surface area contributed by atoms with Crippen LogP contribution < -0.4 is 0 Å². The summed E-state index contributed by atoms with van der Waals surface area (Å²) in [6.45, 7) is 3.97. The molecule has 0 radical (unpaired) electrons. The first-order valence-corrected chi connectivity index (χ1v) is 15.7. The monoisotopic (exact) mass is 548 g/mol. The zero-order chi connectivity index (χ0) is 28.4. The van der Waals surface area contributed by atoms with Crippen molar-refractivity contribution in [3.63, 3.8) is 0 Å². The maximum absolute atomic E-state index is 12.0. The third-order valence-corrected chi connectivity index (χ3v) is 6.84. The van der Waals surface area contributed by atoms with Gasteiger partial charge in [-0.1, -0.05) is 102 Å². The van der Waals surface area contributed by atoms with E-state index in [2.05, 4.69) is 50.3 Å². The van der Waals surface area contributed by atoms with Crippen LogP contribution in [0.1, 0.15) is 129 Å². The molecule has 224 valence electrons. The van der Waals surface area contributed by atoms with E-state index in [1.165, 1.54) is 51.4 Å². The lowest BCUT2D eigenvalue weighted by Crippen LogP contribution is -2.28. The summed E-state index contributed by atoms with van der Waals surface area (Å²) in [4.78, 5) is 23.9. The molecular weight excluding hydrogens is 492 g/mol. The van der Waals surface area contributed by atoms with Crippen LogP contribution in [0.3, 0.4) is 0 Å². The number of aliphatic hydroxyl groups excluding tert-OH is 1. The quantitative estimate of drug-likeness (QED) is 0.0511. The molecule has 1 N–H and O–H groups in total. The van der Waals surface area contributed by atoms with Crippen molar-refractivity contribution in [2.24, 2.45) is 0 Å². The van der Waals surface area contributed by atoms with E-state index in [4.69, 9.17) is 14.2 Å². The van der Waals surface area contributed by atoms with Gasteiger partial charge in [0.05, 0.1) is 18.8 Å². The number of rotatable bonds is 26. The predicted molar refractivity (Wildman–Crippen MR) is 158 cm³/mol. The molecule has 1 rings (SSSR count). The summed E-state index contributed by atoms with van der Waals surface area (Å²) in [5.41, 5.74) is 0. The molecule has 39 heavy (non-hydrogen) atoms. The van der Waals surface area contributed by atoms with Gasteiger partial charge < -0.3 is 19.3 Å². The second kappa shape index (κ2) is 25.1. The zero-order valence-electron chi connectivity index (χ0n) is 24.8. The lowest BCUT2D eigenvalue weighted by Gasteiger charge is -2.15. The Bertz CT molecular complexity index is 698. The molecule has 6 nitrogen and oxygen atoms in total. The van der Waals surface area contributed by atoms with Gasteiger partial charge in [0.15, 0.2) is 6.10 Å². The molecular formula is C33H56O6. The van der Waals surface area contributed by atoms with Crippen molar-refractivity contribution in [1.29, 1.82) is 0 Å². The van der Waals surface area contributed by atoms with Gasteiger partial charge in [0.25, 0.3) is 0 Å². The number of unbranched alkanes of at least 4 members (excludes halogenated alkanes) is 10. The number of hydrogen-bond acceptors (Lipinski definition) is 6. The first kappa shape index (κ1) is 35.1. The number of allylic oxidation sites excluding steroid dienone is 4. The molecule has 0 aromatic heterocycles. The molecule has 0 spiro atoms. The first-order valence-electron chi connectivity index (χ1n) is 15.7. The van der Waals surface area contributed by atoms with Crippen LogP contribution in [0, 0.1) is 0 Å². The maximum atomic E-state index is 12.0. The Balaban J connectivity index is 1.98. The first-order chi connectivity index (χ1) is 19.1. The van der Waals surface area contributed by atoms with Gasteiger partial charge in [-0.05, 0) is 51.4 Å². The minimum absolute atomic E-state index is 0.0977. The summed E-state index contributed by atoms with van der Waals surface area (Å²) >= 11 is 0. The topological polar surface area (TPSA) is 85.4 Å². The number of carbonyl (C=O) groups excluding carboxylic acids is 2. The standard InChI is InChI=1S/C33H56O6/c1-3-5-7-9-12-18-22-26-33(36)38-29(27-34)28-37-32(35)25-21-17-14-11-13-16-20-24-31-30(39-31)23-19-15-10-8-6-4-2/h11,14-16,19-20,29-31,34H,3-10,12-13,17-18,21-28H2,1-2H3/b14-11-,19-15-,20-16-/t29-,30?,31?/m0/s1. The van der Waals surface area contributed by atoms with E-state index in [0.29, 0.717) is 31.5 Å². The molecule has 1 saturated heterocycles. The fourth-order valence-corrected chi connectivity index (χ4v) is 4.29. The summed E-state index contributed by atoms with van der Waals surface area (Å²) < 4.78 is 16.2. The number of esters is 2. The molecule has 0 amide bonds. The van der Waals surface area contributed by atoms with Gasteiger partial charge in [-0.25, -0.2) is 0 Å². The van der Waals surface area contributed by atoms with E-state index in [-0.39, 0.29) is 25.2 Å². The number of hydrogen-bond donors (Lipinski definition) is 1. The molecule has 0 aromatic carbocycles. The summed E-state index contributed by atoms with van der Waals surface area (Å²) in [6.07, 6.45) is 31.0. The van der Waals surface area contributed by atoms with Gasteiger partial charge in [0, 0.05) is 12.8 Å². The van der Waals surface area contributed by atoms with Crippen LogP contribution in [0.4, 0.5) is 0 Å². The van der Waals surface area contributed by atoms with Crippen molar-refractivity contribution in [2.75, 3.05) is 13.2 Å². The van der Waals surface area contributed by atoms with Gasteiger partial charge in [-0.15, -0.1) is 0 Å². The van der Waals surface area contributed by atoms with E-state index in [1.54, 1.807) is 0 Å².